The molecule has 43 heavy (non-hydrogen) atoms. The summed E-state index contributed by atoms with van der Waals surface area (Å²) in [6.45, 7) is 0.0957. The van der Waals surface area contributed by atoms with Crippen molar-refractivity contribution in [2.75, 3.05) is 6.79 Å². The summed E-state index contributed by atoms with van der Waals surface area (Å²) in [4.78, 5) is 48.4. The fourth-order valence-corrected chi connectivity index (χ4v) is 3.84. The number of amides is 2. The minimum absolute atomic E-state index is 0.0571. The highest BCUT2D eigenvalue weighted by molar-refractivity contribution is 6.05. The van der Waals surface area contributed by atoms with Gasteiger partial charge in [-0.3, -0.25) is 19.7 Å². The largest absolute Gasteiger partial charge is 0.454 e. The molecule has 0 saturated carbocycles. The van der Waals surface area contributed by atoms with Crippen molar-refractivity contribution in [1.82, 2.24) is 10.7 Å². The number of rotatable bonds is 9. The molecule has 12 nitrogen and oxygen atoms in total. The van der Waals surface area contributed by atoms with Crippen LogP contribution in [0.25, 0.3) is 6.08 Å². The van der Waals surface area contributed by atoms with Crippen LogP contribution in [0.15, 0.2) is 108 Å². The molecule has 0 unspecified atom stereocenters. The molecular formula is C31H22N4O8. The molecule has 0 radical (unpaired) electrons. The number of hydrogen-bond acceptors (Lipinski definition) is 9. The van der Waals surface area contributed by atoms with Crippen molar-refractivity contribution in [3.63, 3.8) is 0 Å². The van der Waals surface area contributed by atoms with Crippen molar-refractivity contribution in [2.24, 2.45) is 5.10 Å². The van der Waals surface area contributed by atoms with Gasteiger partial charge in [-0.2, -0.15) is 5.10 Å². The molecule has 1 aliphatic rings. The second-order valence-electron chi connectivity index (χ2n) is 8.95. The minimum atomic E-state index is -0.678. The summed E-state index contributed by atoms with van der Waals surface area (Å²) in [5.74, 6) is -0.501. The van der Waals surface area contributed by atoms with Crippen molar-refractivity contribution in [3.8, 4) is 17.2 Å². The number of nitro benzene ring substituents is 1. The highest BCUT2D eigenvalue weighted by Gasteiger charge is 2.17. The molecule has 1 heterocycles. The first kappa shape index (κ1) is 28.2. The normalized spacial score (nSPS) is 12.0. The van der Waals surface area contributed by atoms with Gasteiger partial charge in [-0.25, -0.2) is 10.2 Å². The van der Waals surface area contributed by atoms with Crippen LogP contribution in [0.2, 0.25) is 0 Å². The lowest BCUT2D eigenvalue weighted by atomic mass is 10.1. The molecule has 0 spiro atoms. The fourth-order valence-electron chi connectivity index (χ4n) is 3.84. The predicted octanol–water partition coefficient (Wildman–Crippen LogP) is 4.46. The molecule has 5 rings (SSSR count). The molecule has 2 N–H and O–H groups in total. The van der Waals surface area contributed by atoms with E-state index in [2.05, 4.69) is 15.8 Å². The van der Waals surface area contributed by atoms with E-state index in [4.69, 9.17) is 14.2 Å². The summed E-state index contributed by atoms with van der Waals surface area (Å²) in [7, 11) is 0. The van der Waals surface area contributed by atoms with E-state index in [9.17, 15) is 24.5 Å². The molecule has 0 aromatic heterocycles. The number of nitrogens with zero attached hydrogens (tertiary/aromatic N) is 2. The maximum Gasteiger partial charge on any atom is 0.343 e. The number of hydrazone groups is 1. The number of nitro groups is 1. The van der Waals surface area contributed by atoms with E-state index in [1.165, 1.54) is 48.7 Å². The van der Waals surface area contributed by atoms with Gasteiger partial charge in [0.25, 0.3) is 17.5 Å². The van der Waals surface area contributed by atoms with Crippen molar-refractivity contribution in [1.29, 1.82) is 0 Å². The Labute approximate surface area is 244 Å². The molecule has 1 aliphatic heterocycles. The van der Waals surface area contributed by atoms with Crippen molar-refractivity contribution in [3.05, 3.63) is 135 Å². The molecule has 0 fully saturated rings. The Balaban J connectivity index is 1.24. The van der Waals surface area contributed by atoms with Crippen LogP contribution in [0, 0.1) is 10.1 Å². The van der Waals surface area contributed by atoms with Crippen LogP contribution < -0.4 is 25.0 Å². The van der Waals surface area contributed by atoms with Gasteiger partial charge in [0, 0.05) is 17.7 Å². The number of benzene rings is 4. The van der Waals surface area contributed by atoms with Gasteiger partial charge in [-0.05, 0) is 77.9 Å². The van der Waals surface area contributed by atoms with Gasteiger partial charge in [0.15, 0.2) is 11.5 Å². The third-order valence-corrected chi connectivity index (χ3v) is 6.02. The Hall–Kier alpha value is -6.30. The number of esters is 1. The zero-order valence-corrected chi connectivity index (χ0v) is 22.3. The SMILES string of the molecule is O=C(N/N=C/c1ccc(OC(=O)c2ccc([N+](=O)[O-])cc2)cc1)/C(=C\c1ccc2c(c1)OCO2)NC(=O)c1ccccc1. The average Bonchev–Trinajstić information content (AvgIpc) is 3.50. The fraction of sp³-hybridized carbons (Fsp3) is 0.0323. The number of fused-ring (bicyclic) bond motifs is 1. The van der Waals surface area contributed by atoms with Gasteiger partial charge < -0.3 is 19.5 Å². The van der Waals surface area contributed by atoms with Crippen LogP contribution in [0.4, 0.5) is 5.69 Å². The number of hydrogen-bond donors (Lipinski definition) is 2. The second kappa shape index (κ2) is 12.9. The van der Waals surface area contributed by atoms with Crippen molar-refractivity contribution in [2.45, 2.75) is 0 Å². The van der Waals surface area contributed by atoms with Crippen LogP contribution in [-0.4, -0.2) is 35.7 Å². The van der Waals surface area contributed by atoms with Crippen LogP contribution in [0.5, 0.6) is 17.2 Å². The highest BCUT2D eigenvalue weighted by Crippen LogP contribution is 2.33. The van der Waals surface area contributed by atoms with Gasteiger partial charge >= 0.3 is 5.97 Å². The summed E-state index contributed by atoms with van der Waals surface area (Å²) in [5.41, 5.74) is 3.89. The summed E-state index contributed by atoms with van der Waals surface area (Å²) in [5, 5.41) is 17.4. The van der Waals surface area contributed by atoms with E-state index in [1.54, 1.807) is 60.7 Å². The van der Waals surface area contributed by atoms with Gasteiger partial charge in [-0.15, -0.1) is 0 Å². The molecule has 0 atom stereocenters. The number of nitrogens with one attached hydrogen (secondary N) is 2. The Morgan fingerprint density at radius 1 is 0.837 bits per heavy atom. The van der Waals surface area contributed by atoms with E-state index in [-0.39, 0.29) is 29.5 Å². The average molecular weight is 579 g/mol. The highest BCUT2D eigenvalue weighted by atomic mass is 16.7. The maximum atomic E-state index is 13.0. The predicted molar refractivity (Wildman–Crippen MR) is 155 cm³/mol. The van der Waals surface area contributed by atoms with Crippen LogP contribution in [0.3, 0.4) is 0 Å². The molecule has 0 saturated heterocycles. The van der Waals surface area contributed by atoms with E-state index in [1.807, 2.05) is 0 Å². The Bertz CT molecular complexity index is 1730. The number of carbonyl (C=O) groups is 3. The van der Waals surface area contributed by atoms with Gasteiger partial charge in [0.2, 0.25) is 6.79 Å². The van der Waals surface area contributed by atoms with Gasteiger partial charge in [0.1, 0.15) is 11.4 Å². The van der Waals surface area contributed by atoms with Crippen molar-refractivity contribution >= 4 is 35.8 Å². The van der Waals surface area contributed by atoms with E-state index in [0.29, 0.717) is 28.2 Å². The van der Waals surface area contributed by atoms with Crippen LogP contribution >= 0.6 is 0 Å². The molecule has 4 aromatic rings. The quantitative estimate of drug-likeness (QED) is 0.0736. The molecule has 0 bridgehead atoms. The Morgan fingerprint density at radius 3 is 2.26 bits per heavy atom. The van der Waals surface area contributed by atoms with E-state index < -0.39 is 22.7 Å². The lowest BCUT2D eigenvalue weighted by Gasteiger charge is -2.09. The minimum Gasteiger partial charge on any atom is -0.454 e. The molecule has 2 amide bonds. The van der Waals surface area contributed by atoms with Crippen molar-refractivity contribution < 1.29 is 33.5 Å². The summed E-state index contributed by atoms with van der Waals surface area (Å²) < 4.78 is 16.0. The van der Waals surface area contributed by atoms with Gasteiger partial charge in [0.05, 0.1) is 16.7 Å². The lowest BCUT2D eigenvalue weighted by Crippen LogP contribution is -2.32. The number of non-ortho nitro benzene ring substituents is 1. The molecule has 0 aliphatic carbocycles. The third kappa shape index (κ3) is 7.27. The first-order valence-electron chi connectivity index (χ1n) is 12.7. The molecule has 12 heteroatoms. The molecule has 4 aromatic carbocycles. The molecule has 214 valence electrons. The Morgan fingerprint density at radius 2 is 1.53 bits per heavy atom. The Kier molecular flexibility index (Phi) is 8.48. The van der Waals surface area contributed by atoms with E-state index in [0.717, 1.165) is 0 Å². The lowest BCUT2D eigenvalue weighted by molar-refractivity contribution is -0.384. The topological polar surface area (TPSA) is 158 Å². The molecular weight excluding hydrogens is 556 g/mol. The summed E-state index contributed by atoms with van der Waals surface area (Å²) in [6, 6.07) is 24.9. The monoisotopic (exact) mass is 578 g/mol. The summed E-state index contributed by atoms with van der Waals surface area (Å²) >= 11 is 0. The second-order valence-corrected chi connectivity index (χ2v) is 8.95. The van der Waals surface area contributed by atoms with E-state index >= 15 is 0 Å². The first-order valence-corrected chi connectivity index (χ1v) is 12.7. The van der Waals surface area contributed by atoms with Gasteiger partial charge in [-0.1, -0.05) is 24.3 Å². The third-order valence-electron chi connectivity index (χ3n) is 6.02. The first-order chi connectivity index (χ1) is 20.9. The number of ether oxygens (including phenoxy) is 3. The van der Waals surface area contributed by atoms with Crippen LogP contribution in [0.1, 0.15) is 31.8 Å². The zero-order valence-electron chi connectivity index (χ0n) is 22.3. The summed E-state index contributed by atoms with van der Waals surface area (Å²) in [6.07, 6.45) is 2.86. The standard InChI is InChI=1S/C31H22N4O8/c36-29(22-4-2-1-3-5-22)33-26(16-21-8-15-27-28(17-21)42-19-41-27)30(37)34-32-18-20-6-13-25(14-7-20)43-31(38)23-9-11-24(12-10-23)35(39)40/h1-18H,19H2,(H,33,36)(H,34,37)/b26-16+,32-18+. The maximum absolute atomic E-state index is 13.0. The zero-order chi connectivity index (χ0) is 30.2. The smallest absolute Gasteiger partial charge is 0.343 e. The number of carbonyl (C=O) groups excluding carboxylic acids is 3. The van der Waals surface area contributed by atoms with Crippen LogP contribution in [-0.2, 0) is 4.79 Å².